The molecule has 1 aromatic heterocycles. The maximum absolute atomic E-state index is 13.5. The summed E-state index contributed by atoms with van der Waals surface area (Å²) in [6, 6.07) is -1.86. The number of aromatic amines is 1. The Morgan fingerprint density at radius 2 is 1.97 bits per heavy atom. The molecule has 1 aliphatic heterocycles. The van der Waals surface area contributed by atoms with E-state index in [1.54, 1.807) is 18.8 Å². The van der Waals surface area contributed by atoms with Gasteiger partial charge in [0.25, 0.3) is 5.56 Å². The number of nitrogens with one attached hydrogen (secondary N) is 2. The lowest BCUT2D eigenvalue weighted by atomic mass is 10.0. The molecule has 0 aliphatic carbocycles. The van der Waals surface area contributed by atoms with Crippen LogP contribution in [0.2, 0.25) is 0 Å². The molecule has 12 nitrogen and oxygen atoms in total. The molecule has 2 rings (SSSR count). The molecule has 1 aliphatic rings. The Balaban J connectivity index is 1.99. The van der Waals surface area contributed by atoms with E-state index >= 15 is 0 Å². The van der Waals surface area contributed by atoms with E-state index in [-0.39, 0.29) is 5.92 Å². The van der Waals surface area contributed by atoms with Gasteiger partial charge in [-0.05, 0) is 12.8 Å². The summed E-state index contributed by atoms with van der Waals surface area (Å²) in [4.78, 5) is 48.6. The summed E-state index contributed by atoms with van der Waals surface area (Å²) in [7, 11) is 0. The van der Waals surface area contributed by atoms with E-state index in [0.29, 0.717) is 10.8 Å². The van der Waals surface area contributed by atoms with Gasteiger partial charge in [-0.25, -0.2) is 9.59 Å². The number of amides is 1. The topological polar surface area (TPSA) is 186 Å². The molecule has 6 atom stereocenters. The number of carbonyl (C=O) groups excluding carboxylic acids is 2. The molecule has 30 heavy (non-hydrogen) atoms. The average molecular weight is 432 g/mol. The number of aliphatic hydroxyl groups excluding tert-OH is 2. The molecule has 0 saturated carbocycles. The lowest BCUT2D eigenvalue weighted by Crippen LogP contribution is -2.50. The van der Waals surface area contributed by atoms with Crippen molar-refractivity contribution in [2.24, 2.45) is 11.7 Å². The molecular weight excluding hydrogens is 407 g/mol. The average Bonchev–Trinajstić information content (AvgIpc) is 2.96. The fourth-order valence-electron chi connectivity index (χ4n) is 2.71. The predicted molar refractivity (Wildman–Crippen MR) is 98.6 cm³/mol. The van der Waals surface area contributed by atoms with E-state index in [9.17, 15) is 33.8 Å². The Hall–Kier alpha value is -2.61. The number of nitrogens with two attached hydrogens (primary N) is 1. The SMILES string of the molecule is CC(C)[C@H](N)C(=O)N[C@@H](C)C(=O)OC[C@@H]1O[C@H](n2cc(F)c(=O)[nH]c2=O)C(O)C1O. The van der Waals surface area contributed by atoms with Crippen LogP contribution in [0.1, 0.15) is 27.0 Å². The smallest absolute Gasteiger partial charge is 0.330 e. The van der Waals surface area contributed by atoms with Gasteiger partial charge >= 0.3 is 11.7 Å². The van der Waals surface area contributed by atoms with Crippen molar-refractivity contribution in [1.82, 2.24) is 14.9 Å². The first-order valence-corrected chi connectivity index (χ1v) is 9.19. The third-order valence-corrected chi connectivity index (χ3v) is 4.66. The van der Waals surface area contributed by atoms with Crippen molar-refractivity contribution in [1.29, 1.82) is 0 Å². The molecule has 2 heterocycles. The number of esters is 1. The van der Waals surface area contributed by atoms with Crippen LogP contribution in [0.5, 0.6) is 0 Å². The number of rotatable bonds is 7. The van der Waals surface area contributed by atoms with Crippen molar-refractivity contribution in [3.05, 3.63) is 32.9 Å². The highest BCUT2D eigenvalue weighted by molar-refractivity contribution is 5.87. The van der Waals surface area contributed by atoms with E-state index in [1.807, 2.05) is 0 Å². The zero-order chi connectivity index (χ0) is 22.7. The third-order valence-electron chi connectivity index (χ3n) is 4.66. The summed E-state index contributed by atoms with van der Waals surface area (Å²) in [5.74, 6) is -2.82. The molecule has 1 aromatic rings. The Morgan fingerprint density at radius 1 is 1.33 bits per heavy atom. The molecule has 1 amide bonds. The first-order valence-electron chi connectivity index (χ1n) is 9.19. The molecule has 0 spiro atoms. The molecule has 0 bridgehead atoms. The van der Waals surface area contributed by atoms with Crippen LogP contribution in [0.3, 0.4) is 0 Å². The van der Waals surface area contributed by atoms with Crippen LogP contribution in [0.4, 0.5) is 4.39 Å². The third kappa shape index (κ3) is 5.11. The molecule has 168 valence electrons. The number of aliphatic hydroxyl groups is 2. The quantitative estimate of drug-likeness (QED) is 0.286. The van der Waals surface area contributed by atoms with Crippen LogP contribution in [-0.2, 0) is 19.1 Å². The van der Waals surface area contributed by atoms with Crippen molar-refractivity contribution < 1.29 is 33.7 Å². The van der Waals surface area contributed by atoms with Crippen LogP contribution in [0, 0.1) is 11.7 Å². The number of hydrogen-bond donors (Lipinski definition) is 5. The van der Waals surface area contributed by atoms with Gasteiger partial charge in [-0.3, -0.25) is 19.1 Å². The molecule has 1 saturated heterocycles. The Kier molecular flexibility index (Phi) is 7.47. The maximum Gasteiger partial charge on any atom is 0.330 e. The van der Waals surface area contributed by atoms with E-state index < -0.39 is 72.2 Å². The van der Waals surface area contributed by atoms with Gasteiger partial charge < -0.3 is 30.7 Å². The zero-order valence-electron chi connectivity index (χ0n) is 16.6. The summed E-state index contributed by atoms with van der Waals surface area (Å²) in [6.07, 6.45) is -5.49. The zero-order valence-corrected chi connectivity index (χ0v) is 16.6. The fraction of sp³-hybridized carbons (Fsp3) is 0.647. The van der Waals surface area contributed by atoms with Crippen molar-refractivity contribution in [3.63, 3.8) is 0 Å². The molecule has 13 heteroatoms. The lowest BCUT2D eigenvalue weighted by Gasteiger charge is -2.20. The first kappa shape index (κ1) is 23.7. The number of halogens is 1. The predicted octanol–water partition coefficient (Wildman–Crippen LogP) is -2.67. The van der Waals surface area contributed by atoms with Crippen LogP contribution >= 0.6 is 0 Å². The van der Waals surface area contributed by atoms with Crippen molar-refractivity contribution in [2.75, 3.05) is 6.61 Å². The summed E-state index contributed by atoms with van der Waals surface area (Å²) < 4.78 is 24.4. The second-order valence-corrected chi connectivity index (χ2v) is 7.32. The summed E-state index contributed by atoms with van der Waals surface area (Å²) in [5.41, 5.74) is 3.39. The minimum Gasteiger partial charge on any atom is -0.461 e. The number of nitrogens with zero attached hydrogens (tertiary/aromatic N) is 1. The van der Waals surface area contributed by atoms with Gasteiger partial charge in [-0.1, -0.05) is 13.8 Å². The normalized spacial score (nSPS) is 25.7. The second-order valence-electron chi connectivity index (χ2n) is 7.32. The van der Waals surface area contributed by atoms with Gasteiger partial charge in [0.05, 0.1) is 12.2 Å². The molecule has 0 aromatic carbocycles. The van der Waals surface area contributed by atoms with E-state index in [0.717, 1.165) is 0 Å². The second kappa shape index (κ2) is 9.47. The largest absolute Gasteiger partial charge is 0.461 e. The summed E-state index contributed by atoms with van der Waals surface area (Å²) in [6.45, 7) is 4.34. The first-order chi connectivity index (χ1) is 13.9. The lowest BCUT2D eigenvalue weighted by molar-refractivity contribution is -0.153. The van der Waals surface area contributed by atoms with Gasteiger partial charge in [0, 0.05) is 0 Å². The highest BCUT2D eigenvalue weighted by Gasteiger charge is 2.45. The number of hydrogen-bond acceptors (Lipinski definition) is 9. The molecule has 0 radical (unpaired) electrons. The molecular formula is C17H25FN4O8. The summed E-state index contributed by atoms with van der Waals surface area (Å²) >= 11 is 0. The minimum absolute atomic E-state index is 0.144. The molecule has 6 N–H and O–H groups in total. The monoisotopic (exact) mass is 432 g/mol. The van der Waals surface area contributed by atoms with Crippen LogP contribution in [-0.4, -0.2) is 68.6 Å². The minimum atomic E-state index is -1.67. The Bertz CT molecular complexity index is 900. The molecule has 2 unspecified atom stereocenters. The Morgan fingerprint density at radius 3 is 2.57 bits per heavy atom. The van der Waals surface area contributed by atoms with Crippen LogP contribution < -0.4 is 22.3 Å². The van der Waals surface area contributed by atoms with E-state index in [2.05, 4.69) is 5.32 Å². The van der Waals surface area contributed by atoms with E-state index in [1.165, 1.54) is 6.92 Å². The molecule has 1 fully saturated rings. The van der Waals surface area contributed by atoms with Gasteiger partial charge in [0.2, 0.25) is 11.7 Å². The van der Waals surface area contributed by atoms with Gasteiger partial charge in [-0.15, -0.1) is 0 Å². The van der Waals surface area contributed by atoms with Crippen molar-refractivity contribution >= 4 is 11.9 Å². The highest BCUT2D eigenvalue weighted by Crippen LogP contribution is 2.28. The number of carbonyl (C=O) groups is 2. The number of aromatic nitrogens is 2. The highest BCUT2D eigenvalue weighted by atomic mass is 19.1. The maximum atomic E-state index is 13.5. The Labute approximate surface area is 169 Å². The fourth-order valence-corrected chi connectivity index (χ4v) is 2.71. The van der Waals surface area contributed by atoms with Crippen molar-refractivity contribution in [3.8, 4) is 0 Å². The standard InChI is InChI=1S/C17H25FN4O8/c1-6(2)10(19)14(26)20-7(3)16(27)29-5-9-11(23)12(24)15(30-9)22-4-8(18)13(25)21-17(22)28/h4,6-7,9-12,15,23-24H,5,19H2,1-3H3,(H,20,26)(H,21,25,28)/t7-,9-,10-,11?,12?,15-/m0/s1. The van der Waals surface area contributed by atoms with Gasteiger partial charge in [0.15, 0.2) is 6.23 Å². The van der Waals surface area contributed by atoms with Crippen LogP contribution in [0.15, 0.2) is 15.8 Å². The van der Waals surface area contributed by atoms with Gasteiger partial charge in [-0.2, -0.15) is 4.39 Å². The van der Waals surface area contributed by atoms with Crippen molar-refractivity contribution in [2.45, 2.75) is 57.4 Å². The van der Waals surface area contributed by atoms with Crippen LogP contribution in [0.25, 0.3) is 0 Å². The number of ether oxygens (including phenoxy) is 2. The number of H-pyrrole nitrogens is 1. The van der Waals surface area contributed by atoms with Gasteiger partial charge in [0.1, 0.15) is 31.0 Å². The summed E-state index contributed by atoms with van der Waals surface area (Å²) in [5, 5.41) is 22.6. The van der Waals surface area contributed by atoms with E-state index in [4.69, 9.17) is 15.2 Å².